The van der Waals surface area contributed by atoms with Gasteiger partial charge in [-0.25, -0.2) is 4.68 Å². The zero-order chi connectivity index (χ0) is 16.9. The van der Waals surface area contributed by atoms with Gasteiger partial charge in [-0.3, -0.25) is 9.59 Å². The van der Waals surface area contributed by atoms with E-state index in [-0.39, 0.29) is 24.1 Å². The van der Waals surface area contributed by atoms with Crippen LogP contribution in [-0.4, -0.2) is 34.9 Å². The summed E-state index contributed by atoms with van der Waals surface area (Å²) in [5.74, 6) is -0.244. The van der Waals surface area contributed by atoms with Gasteiger partial charge in [-0.1, -0.05) is 28.1 Å². The second kappa shape index (κ2) is 7.72. The summed E-state index contributed by atoms with van der Waals surface area (Å²) in [4.78, 5) is 24.0. The highest BCUT2D eigenvalue weighted by Crippen LogP contribution is 2.20. The maximum Gasteiger partial charge on any atom is 0.267 e. The molecule has 1 aromatic heterocycles. The SMILES string of the molecule is O=C(Cn1nc(-c2cccc(Br)c2)ccc1=O)NCC1CCCO1. The highest BCUT2D eigenvalue weighted by molar-refractivity contribution is 9.10. The Labute approximate surface area is 148 Å². The number of benzene rings is 1. The molecule has 126 valence electrons. The summed E-state index contributed by atoms with van der Waals surface area (Å²) in [6.45, 7) is 1.11. The van der Waals surface area contributed by atoms with Gasteiger partial charge in [-0.2, -0.15) is 5.10 Å². The first-order valence-electron chi connectivity index (χ1n) is 7.84. The molecule has 1 aliphatic rings. The van der Waals surface area contributed by atoms with Crippen molar-refractivity contribution in [1.29, 1.82) is 0 Å². The second-order valence-corrected chi connectivity index (χ2v) is 6.58. The quantitative estimate of drug-likeness (QED) is 0.845. The Kier molecular flexibility index (Phi) is 5.42. The summed E-state index contributed by atoms with van der Waals surface area (Å²) >= 11 is 3.41. The number of ether oxygens (including phenoxy) is 1. The monoisotopic (exact) mass is 391 g/mol. The van der Waals surface area contributed by atoms with E-state index in [4.69, 9.17) is 4.74 Å². The zero-order valence-corrected chi connectivity index (χ0v) is 14.7. The van der Waals surface area contributed by atoms with Crippen molar-refractivity contribution < 1.29 is 9.53 Å². The van der Waals surface area contributed by atoms with Crippen molar-refractivity contribution in [1.82, 2.24) is 15.1 Å². The highest BCUT2D eigenvalue weighted by Gasteiger charge is 2.16. The van der Waals surface area contributed by atoms with E-state index in [0.717, 1.165) is 29.5 Å². The molecule has 0 bridgehead atoms. The number of rotatable bonds is 5. The molecule has 1 unspecified atom stereocenters. The van der Waals surface area contributed by atoms with E-state index in [1.165, 1.54) is 10.7 Å². The van der Waals surface area contributed by atoms with Crippen LogP contribution in [0.25, 0.3) is 11.3 Å². The maximum absolute atomic E-state index is 12.0. The molecule has 1 aliphatic heterocycles. The lowest BCUT2D eigenvalue weighted by Crippen LogP contribution is -2.37. The smallest absolute Gasteiger partial charge is 0.267 e. The van der Waals surface area contributed by atoms with Gasteiger partial charge in [0.2, 0.25) is 5.91 Å². The summed E-state index contributed by atoms with van der Waals surface area (Å²) in [5.41, 5.74) is 1.21. The number of amides is 1. The van der Waals surface area contributed by atoms with Crippen LogP contribution in [0.1, 0.15) is 12.8 Å². The normalized spacial score (nSPS) is 17.0. The fraction of sp³-hybridized carbons (Fsp3) is 0.353. The van der Waals surface area contributed by atoms with Crippen molar-refractivity contribution in [2.75, 3.05) is 13.2 Å². The largest absolute Gasteiger partial charge is 0.376 e. The molecule has 0 spiro atoms. The van der Waals surface area contributed by atoms with Gasteiger partial charge in [-0.05, 0) is 31.0 Å². The van der Waals surface area contributed by atoms with E-state index in [1.807, 2.05) is 24.3 Å². The Morgan fingerprint density at radius 2 is 2.25 bits per heavy atom. The Hall–Kier alpha value is -1.99. The summed E-state index contributed by atoms with van der Waals surface area (Å²) < 4.78 is 7.57. The number of nitrogens with zero attached hydrogens (tertiary/aromatic N) is 2. The van der Waals surface area contributed by atoms with Crippen molar-refractivity contribution >= 4 is 21.8 Å². The van der Waals surface area contributed by atoms with Gasteiger partial charge in [0, 0.05) is 29.3 Å². The third kappa shape index (κ3) is 4.30. The molecule has 7 heteroatoms. The molecule has 24 heavy (non-hydrogen) atoms. The van der Waals surface area contributed by atoms with Crippen LogP contribution in [0.5, 0.6) is 0 Å². The molecule has 1 aromatic carbocycles. The maximum atomic E-state index is 12.0. The lowest BCUT2D eigenvalue weighted by atomic mass is 10.1. The van der Waals surface area contributed by atoms with E-state index in [2.05, 4.69) is 26.3 Å². The van der Waals surface area contributed by atoms with E-state index in [1.54, 1.807) is 6.07 Å². The Bertz CT molecular complexity index is 785. The van der Waals surface area contributed by atoms with E-state index >= 15 is 0 Å². The van der Waals surface area contributed by atoms with Gasteiger partial charge in [-0.15, -0.1) is 0 Å². The van der Waals surface area contributed by atoms with Crippen LogP contribution in [0.2, 0.25) is 0 Å². The van der Waals surface area contributed by atoms with Crippen molar-refractivity contribution in [2.24, 2.45) is 0 Å². The number of halogens is 1. The fourth-order valence-electron chi connectivity index (χ4n) is 2.59. The van der Waals surface area contributed by atoms with Crippen LogP contribution in [0.3, 0.4) is 0 Å². The molecule has 1 amide bonds. The molecule has 0 aliphatic carbocycles. The molecule has 1 N–H and O–H groups in total. The summed E-state index contributed by atoms with van der Waals surface area (Å²) in [5, 5.41) is 7.09. The van der Waals surface area contributed by atoms with Gasteiger partial charge < -0.3 is 10.1 Å². The molecular formula is C17H18BrN3O3. The topological polar surface area (TPSA) is 73.2 Å². The number of nitrogens with one attached hydrogen (secondary N) is 1. The Morgan fingerprint density at radius 3 is 3.00 bits per heavy atom. The summed E-state index contributed by atoms with van der Waals surface area (Å²) in [7, 11) is 0. The molecule has 2 heterocycles. The van der Waals surface area contributed by atoms with E-state index in [0.29, 0.717) is 12.2 Å². The molecule has 2 aromatic rings. The van der Waals surface area contributed by atoms with Crippen LogP contribution in [0.4, 0.5) is 0 Å². The fourth-order valence-corrected chi connectivity index (χ4v) is 2.99. The average molecular weight is 392 g/mol. The van der Waals surface area contributed by atoms with Crippen LogP contribution in [0, 0.1) is 0 Å². The molecule has 6 nitrogen and oxygen atoms in total. The Balaban J connectivity index is 1.69. The predicted octanol–water partition coefficient (Wildman–Crippen LogP) is 1.97. The summed E-state index contributed by atoms with van der Waals surface area (Å²) in [6.07, 6.45) is 2.05. The molecule has 1 atom stereocenters. The van der Waals surface area contributed by atoms with Gasteiger partial charge >= 0.3 is 0 Å². The second-order valence-electron chi connectivity index (χ2n) is 5.66. The van der Waals surface area contributed by atoms with Crippen molar-refractivity contribution in [3.63, 3.8) is 0 Å². The molecular weight excluding hydrogens is 374 g/mol. The van der Waals surface area contributed by atoms with Crippen LogP contribution in [0.15, 0.2) is 45.7 Å². The zero-order valence-electron chi connectivity index (χ0n) is 13.1. The minimum atomic E-state index is -0.305. The third-order valence-corrected chi connectivity index (χ3v) is 4.32. The van der Waals surface area contributed by atoms with Crippen LogP contribution in [-0.2, 0) is 16.1 Å². The summed E-state index contributed by atoms with van der Waals surface area (Å²) in [6, 6.07) is 10.7. The van der Waals surface area contributed by atoms with E-state index < -0.39 is 0 Å². The predicted molar refractivity (Wildman–Crippen MR) is 93.6 cm³/mol. The first-order chi connectivity index (χ1) is 11.6. The van der Waals surface area contributed by atoms with Gasteiger partial charge in [0.15, 0.2) is 0 Å². The molecule has 1 fully saturated rings. The lowest BCUT2D eigenvalue weighted by molar-refractivity contribution is -0.122. The Morgan fingerprint density at radius 1 is 1.38 bits per heavy atom. The third-order valence-electron chi connectivity index (χ3n) is 3.83. The molecule has 3 rings (SSSR count). The molecule has 0 radical (unpaired) electrons. The van der Waals surface area contributed by atoms with Gasteiger partial charge in [0.05, 0.1) is 11.8 Å². The number of aromatic nitrogens is 2. The first kappa shape index (κ1) is 16.9. The standard InChI is InChI=1S/C17H18BrN3O3/c18-13-4-1-3-12(9-13)15-6-7-17(23)21(20-15)11-16(22)19-10-14-5-2-8-24-14/h1,3-4,6-7,9,14H,2,5,8,10-11H2,(H,19,22). The van der Waals surface area contributed by atoms with Crippen molar-refractivity contribution in [3.05, 3.63) is 51.2 Å². The van der Waals surface area contributed by atoms with Gasteiger partial charge in [0.1, 0.15) is 6.54 Å². The molecule has 1 saturated heterocycles. The van der Waals surface area contributed by atoms with Crippen molar-refractivity contribution in [2.45, 2.75) is 25.5 Å². The number of carbonyl (C=O) groups excluding carboxylic acids is 1. The molecule has 0 saturated carbocycles. The van der Waals surface area contributed by atoms with Crippen LogP contribution >= 0.6 is 15.9 Å². The number of hydrogen-bond acceptors (Lipinski definition) is 4. The van der Waals surface area contributed by atoms with Crippen molar-refractivity contribution in [3.8, 4) is 11.3 Å². The minimum Gasteiger partial charge on any atom is -0.376 e. The lowest BCUT2D eigenvalue weighted by Gasteiger charge is -2.11. The minimum absolute atomic E-state index is 0.0756. The first-order valence-corrected chi connectivity index (χ1v) is 8.63. The highest BCUT2D eigenvalue weighted by atomic mass is 79.9. The average Bonchev–Trinajstić information content (AvgIpc) is 3.08. The van der Waals surface area contributed by atoms with Crippen LogP contribution < -0.4 is 10.9 Å². The number of hydrogen-bond donors (Lipinski definition) is 1. The number of carbonyl (C=O) groups is 1. The van der Waals surface area contributed by atoms with Gasteiger partial charge in [0.25, 0.3) is 5.56 Å². The van der Waals surface area contributed by atoms with E-state index in [9.17, 15) is 9.59 Å².